The number of nitrogens with one attached hydrogen (secondary N) is 3. The summed E-state index contributed by atoms with van der Waals surface area (Å²) in [6.07, 6.45) is 10.5. The SMILES string of the molecule is CNc1nc(N[C@H](CC2CCCCC2)C(=O)NCc2ccc(C#N)cc2Cl)cc(-n2cccc2)n1. The predicted molar refractivity (Wildman–Crippen MR) is 138 cm³/mol. The Morgan fingerprint density at radius 3 is 2.66 bits per heavy atom. The summed E-state index contributed by atoms with van der Waals surface area (Å²) in [5.74, 6) is 2.14. The van der Waals surface area contributed by atoms with Gasteiger partial charge in [0.2, 0.25) is 11.9 Å². The maximum atomic E-state index is 13.4. The molecule has 1 saturated carbocycles. The highest BCUT2D eigenvalue weighted by Gasteiger charge is 2.25. The van der Waals surface area contributed by atoms with Crippen molar-refractivity contribution in [1.82, 2.24) is 19.9 Å². The molecule has 0 radical (unpaired) electrons. The Balaban J connectivity index is 1.53. The van der Waals surface area contributed by atoms with E-state index in [0.717, 1.165) is 24.8 Å². The Morgan fingerprint density at radius 2 is 1.97 bits per heavy atom. The molecule has 1 aliphatic rings. The summed E-state index contributed by atoms with van der Waals surface area (Å²) in [7, 11) is 1.77. The third kappa shape index (κ3) is 6.52. The molecule has 0 unspecified atom stereocenters. The van der Waals surface area contributed by atoms with Gasteiger partial charge in [-0.2, -0.15) is 15.2 Å². The highest BCUT2D eigenvalue weighted by Crippen LogP contribution is 2.28. The summed E-state index contributed by atoms with van der Waals surface area (Å²) in [6, 6.07) is 12.4. The van der Waals surface area contributed by atoms with Crippen molar-refractivity contribution >= 4 is 29.3 Å². The summed E-state index contributed by atoms with van der Waals surface area (Å²) >= 11 is 6.31. The first-order valence-electron chi connectivity index (χ1n) is 12.0. The minimum atomic E-state index is -0.452. The summed E-state index contributed by atoms with van der Waals surface area (Å²) in [5, 5.41) is 18.9. The van der Waals surface area contributed by atoms with Crippen LogP contribution in [-0.4, -0.2) is 33.5 Å². The minimum absolute atomic E-state index is 0.108. The van der Waals surface area contributed by atoms with Gasteiger partial charge in [-0.05, 0) is 42.2 Å². The zero-order valence-electron chi connectivity index (χ0n) is 19.8. The van der Waals surface area contributed by atoms with Crippen LogP contribution in [0.25, 0.3) is 5.82 Å². The summed E-state index contributed by atoms with van der Waals surface area (Å²) < 4.78 is 1.90. The fourth-order valence-corrected chi connectivity index (χ4v) is 4.72. The normalized spacial score (nSPS) is 14.7. The number of aromatic nitrogens is 3. The molecule has 1 aromatic carbocycles. The molecule has 4 rings (SSSR count). The molecule has 1 fully saturated rings. The Hall–Kier alpha value is -3.57. The van der Waals surface area contributed by atoms with Gasteiger partial charge in [0.15, 0.2) is 0 Å². The molecule has 1 atom stereocenters. The lowest BCUT2D eigenvalue weighted by molar-refractivity contribution is -0.122. The number of nitrogens with zero attached hydrogens (tertiary/aromatic N) is 4. The van der Waals surface area contributed by atoms with E-state index in [9.17, 15) is 4.79 Å². The average molecular weight is 492 g/mol. The molecule has 182 valence electrons. The minimum Gasteiger partial charge on any atom is -0.358 e. The zero-order chi connectivity index (χ0) is 24.6. The quantitative estimate of drug-likeness (QED) is 0.393. The lowest BCUT2D eigenvalue weighted by Crippen LogP contribution is -2.41. The van der Waals surface area contributed by atoms with E-state index >= 15 is 0 Å². The van der Waals surface area contributed by atoms with Crippen LogP contribution in [0, 0.1) is 17.2 Å². The maximum absolute atomic E-state index is 13.4. The molecule has 0 saturated heterocycles. The molecule has 8 nitrogen and oxygen atoms in total. The first-order valence-corrected chi connectivity index (χ1v) is 12.4. The zero-order valence-corrected chi connectivity index (χ0v) is 20.6. The van der Waals surface area contributed by atoms with Gasteiger partial charge in [0, 0.05) is 37.1 Å². The highest BCUT2D eigenvalue weighted by molar-refractivity contribution is 6.31. The summed E-state index contributed by atoms with van der Waals surface area (Å²) in [6.45, 7) is 0.284. The number of benzene rings is 1. The van der Waals surface area contributed by atoms with Gasteiger partial charge in [0.25, 0.3) is 0 Å². The first kappa shape index (κ1) is 24.6. The van der Waals surface area contributed by atoms with Crippen molar-refractivity contribution < 1.29 is 4.79 Å². The third-order valence-electron chi connectivity index (χ3n) is 6.37. The third-order valence-corrected chi connectivity index (χ3v) is 6.72. The Labute approximate surface area is 210 Å². The molecule has 2 heterocycles. The fourth-order valence-electron chi connectivity index (χ4n) is 4.47. The molecule has 0 spiro atoms. The topological polar surface area (TPSA) is 108 Å². The second-order valence-electron chi connectivity index (χ2n) is 8.85. The molecular weight excluding hydrogens is 462 g/mol. The maximum Gasteiger partial charge on any atom is 0.242 e. The fraction of sp³-hybridized carbons (Fsp3) is 0.385. The van der Waals surface area contributed by atoms with Crippen LogP contribution in [0.15, 0.2) is 48.8 Å². The van der Waals surface area contributed by atoms with Crippen molar-refractivity contribution in [3.63, 3.8) is 0 Å². The van der Waals surface area contributed by atoms with Crippen LogP contribution in [0.5, 0.6) is 0 Å². The Kier molecular flexibility index (Phi) is 8.22. The van der Waals surface area contributed by atoms with Crippen molar-refractivity contribution in [2.75, 3.05) is 17.7 Å². The number of carbonyl (C=O) groups is 1. The van der Waals surface area contributed by atoms with Crippen LogP contribution >= 0.6 is 11.6 Å². The lowest BCUT2D eigenvalue weighted by Gasteiger charge is -2.27. The Morgan fingerprint density at radius 1 is 1.20 bits per heavy atom. The number of hydrogen-bond donors (Lipinski definition) is 3. The average Bonchev–Trinajstić information content (AvgIpc) is 3.43. The highest BCUT2D eigenvalue weighted by atomic mass is 35.5. The van der Waals surface area contributed by atoms with Gasteiger partial charge in [-0.1, -0.05) is 49.8 Å². The van der Waals surface area contributed by atoms with E-state index in [1.807, 2.05) is 35.2 Å². The smallest absolute Gasteiger partial charge is 0.242 e. The van der Waals surface area contributed by atoms with E-state index in [4.69, 9.17) is 16.9 Å². The van der Waals surface area contributed by atoms with Gasteiger partial charge < -0.3 is 20.5 Å². The number of nitriles is 1. The van der Waals surface area contributed by atoms with E-state index in [2.05, 4.69) is 32.0 Å². The van der Waals surface area contributed by atoms with E-state index < -0.39 is 6.04 Å². The molecule has 3 aromatic rings. The second-order valence-corrected chi connectivity index (χ2v) is 9.25. The van der Waals surface area contributed by atoms with E-state index in [1.165, 1.54) is 19.3 Å². The van der Waals surface area contributed by atoms with E-state index in [-0.39, 0.29) is 12.5 Å². The lowest BCUT2D eigenvalue weighted by atomic mass is 9.84. The van der Waals surface area contributed by atoms with Gasteiger partial charge in [0.05, 0.1) is 11.6 Å². The molecule has 35 heavy (non-hydrogen) atoms. The number of rotatable bonds is 9. The van der Waals surface area contributed by atoms with Crippen LogP contribution in [0.2, 0.25) is 5.02 Å². The van der Waals surface area contributed by atoms with Crippen LogP contribution < -0.4 is 16.0 Å². The molecule has 0 aliphatic heterocycles. The number of amides is 1. The van der Waals surface area contributed by atoms with Crippen molar-refractivity contribution in [2.24, 2.45) is 5.92 Å². The molecular formula is C26H30ClN7O. The van der Waals surface area contributed by atoms with E-state index in [1.54, 1.807) is 25.2 Å². The molecule has 3 N–H and O–H groups in total. The van der Waals surface area contributed by atoms with Crippen molar-refractivity contribution in [3.05, 3.63) is 64.9 Å². The molecule has 0 bridgehead atoms. The monoisotopic (exact) mass is 491 g/mol. The van der Waals surface area contributed by atoms with Crippen molar-refractivity contribution in [3.8, 4) is 11.9 Å². The predicted octanol–water partition coefficient (Wildman–Crippen LogP) is 4.90. The van der Waals surface area contributed by atoms with Crippen LogP contribution in [0.4, 0.5) is 11.8 Å². The van der Waals surface area contributed by atoms with Gasteiger partial charge in [0.1, 0.15) is 17.7 Å². The van der Waals surface area contributed by atoms with Crippen LogP contribution in [0.3, 0.4) is 0 Å². The number of hydrogen-bond acceptors (Lipinski definition) is 6. The molecule has 1 aliphatic carbocycles. The number of carbonyl (C=O) groups excluding carboxylic acids is 1. The molecule has 2 aromatic heterocycles. The van der Waals surface area contributed by atoms with Crippen molar-refractivity contribution in [2.45, 2.75) is 51.1 Å². The van der Waals surface area contributed by atoms with Crippen molar-refractivity contribution in [1.29, 1.82) is 5.26 Å². The van der Waals surface area contributed by atoms with Crippen LogP contribution in [-0.2, 0) is 11.3 Å². The number of halogens is 1. The second kappa shape index (κ2) is 11.7. The first-order chi connectivity index (χ1) is 17.1. The summed E-state index contributed by atoms with van der Waals surface area (Å²) in [5.41, 5.74) is 1.26. The number of anilines is 2. The standard InChI is InChI=1S/C26H30ClN7O/c1-29-26-32-23(15-24(33-26)34-11-5-6-12-34)31-22(14-18-7-3-2-4-8-18)25(35)30-17-20-10-9-19(16-28)13-21(20)27/h5-6,9-13,15,18,22H,2-4,7-8,14,17H2,1H3,(H,30,35)(H2,29,31,32,33)/t22-/m1/s1. The van der Waals surface area contributed by atoms with Crippen LogP contribution in [0.1, 0.15) is 49.7 Å². The van der Waals surface area contributed by atoms with Gasteiger partial charge in [-0.3, -0.25) is 4.79 Å². The largest absolute Gasteiger partial charge is 0.358 e. The molecule has 1 amide bonds. The van der Waals surface area contributed by atoms with Gasteiger partial charge in [-0.25, -0.2) is 0 Å². The molecule has 9 heteroatoms. The van der Waals surface area contributed by atoms with E-state index in [0.29, 0.717) is 34.1 Å². The van der Waals surface area contributed by atoms with Gasteiger partial charge >= 0.3 is 0 Å². The Bertz CT molecular complexity index is 1180. The van der Waals surface area contributed by atoms with Gasteiger partial charge in [-0.15, -0.1) is 0 Å². The summed E-state index contributed by atoms with van der Waals surface area (Å²) in [4.78, 5) is 22.4.